The average molecular weight is 387 g/mol. The predicted octanol–water partition coefficient (Wildman–Crippen LogP) is 3.48. The number of carbonyl (C=O) groups is 1. The van der Waals surface area contributed by atoms with Gasteiger partial charge in [-0.2, -0.15) is 0 Å². The van der Waals surface area contributed by atoms with Crippen LogP contribution in [0.2, 0.25) is 0 Å². The lowest BCUT2D eigenvalue weighted by molar-refractivity contribution is -0.134. The van der Waals surface area contributed by atoms with Gasteiger partial charge in [0.25, 0.3) is 0 Å². The third kappa shape index (κ3) is 5.19. The van der Waals surface area contributed by atoms with Gasteiger partial charge in [0.15, 0.2) is 0 Å². The summed E-state index contributed by atoms with van der Waals surface area (Å²) in [4.78, 5) is 21.6. The number of amides is 1. The second kappa shape index (κ2) is 9.32. The van der Waals surface area contributed by atoms with Crippen molar-refractivity contribution >= 4 is 5.91 Å². The molecule has 1 aliphatic rings. The van der Waals surface area contributed by atoms with Gasteiger partial charge in [-0.15, -0.1) is 0 Å². The van der Waals surface area contributed by atoms with Gasteiger partial charge in [-0.25, -0.2) is 9.37 Å². The van der Waals surface area contributed by atoms with Crippen LogP contribution in [0, 0.1) is 18.7 Å². The Labute approximate surface area is 167 Å². The molecular weight excluding hydrogens is 355 g/mol. The molecule has 2 heterocycles. The fourth-order valence-corrected chi connectivity index (χ4v) is 3.91. The number of halogens is 1. The Morgan fingerprint density at radius 1 is 1.21 bits per heavy atom. The van der Waals surface area contributed by atoms with Crippen molar-refractivity contribution in [3.63, 3.8) is 0 Å². The van der Waals surface area contributed by atoms with Crippen molar-refractivity contribution in [1.29, 1.82) is 0 Å². The summed E-state index contributed by atoms with van der Waals surface area (Å²) in [7, 11) is 0. The first-order valence-corrected chi connectivity index (χ1v) is 10.2. The lowest BCUT2D eigenvalue weighted by Crippen LogP contribution is -2.46. The molecule has 0 saturated carbocycles. The van der Waals surface area contributed by atoms with E-state index in [1.54, 1.807) is 12.1 Å². The molecule has 1 aromatic heterocycles. The Bertz CT molecular complexity index is 771. The van der Waals surface area contributed by atoms with E-state index < -0.39 is 0 Å². The van der Waals surface area contributed by atoms with E-state index in [9.17, 15) is 9.18 Å². The molecule has 1 aromatic carbocycles. The Morgan fingerprint density at radius 2 is 1.96 bits per heavy atom. The van der Waals surface area contributed by atoms with Crippen molar-refractivity contribution in [1.82, 2.24) is 19.4 Å². The molecule has 2 aromatic rings. The maximum Gasteiger partial charge on any atom is 0.224 e. The van der Waals surface area contributed by atoms with E-state index >= 15 is 0 Å². The number of imidazole rings is 1. The van der Waals surface area contributed by atoms with Crippen molar-refractivity contribution < 1.29 is 9.18 Å². The van der Waals surface area contributed by atoms with Crippen molar-refractivity contribution in [3.05, 3.63) is 53.9 Å². The normalized spacial score (nSPS) is 18.7. The summed E-state index contributed by atoms with van der Waals surface area (Å²) in [5.74, 6) is 1.35. The number of aryl methyl sites for hydroxylation is 2. The van der Waals surface area contributed by atoms with E-state index in [1.165, 1.54) is 12.1 Å². The molecule has 0 N–H and O–H groups in total. The lowest BCUT2D eigenvalue weighted by Gasteiger charge is -2.35. The van der Waals surface area contributed by atoms with Crippen molar-refractivity contribution in [3.8, 4) is 0 Å². The van der Waals surface area contributed by atoms with E-state index in [0.717, 1.165) is 44.0 Å². The molecule has 0 radical (unpaired) electrons. The number of nitrogens with zero attached hydrogens (tertiary/aromatic N) is 4. The zero-order valence-electron chi connectivity index (χ0n) is 17.1. The molecule has 1 amide bonds. The lowest BCUT2D eigenvalue weighted by atomic mass is 10.0. The van der Waals surface area contributed by atoms with E-state index in [0.29, 0.717) is 18.9 Å². The second-order valence-corrected chi connectivity index (χ2v) is 8.03. The van der Waals surface area contributed by atoms with Crippen LogP contribution < -0.4 is 0 Å². The van der Waals surface area contributed by atoms with Gasteiger partial charge in [-0.05, 0) is 43.5 Å². The predicted molar refractivity (Wildman–Crippen MR) is 108 cm³/mol. The molecule has 3 rings (SSSR count). The Kier molecular flexibility index (Phi) is 6.83. The van der Waals surface area contributed by atoms with E-state index in [2.05, 4.69) is 28.3 Å². The number of aromatic nitrogens is 2. The van der Waals surface area contributed by atoms with Gasteiger partial charge < -0.3 is 14.4 Å². The first-order valence-electron chi connectivity index (χ1n) is 10.2. The minimum atomic E-state index is -0.245. The van der Waals surface area contributed by atoms with Crippen LogP contribution in [0.25, 0.3) is 0 Å². The first-order chi connectivity index (χ1) is 13.4. The monoisotopic (exact) mass is 386 g/mol. The Hall–Kier alpha value is -2.21. The third-order valence-electron chi connectivity index (χ3n) is 5.64. The zero-order chi connectivity index (χ0) is 20.1. The average Bonchev–Trinajstić information content (AvgIpc) is 3.00. The van der Waals surface area contributed by atoms with E-state index in [1.807, 2.05) is 24.2 Å². The SMILES string of the molecule is Cc1nccn1CCCN1CCC(=O)N(Cc2ccc(F)cc2)C(C(C)C)C1. The van der Waals surface area contributed by atoms with Crippen LogP contribution in [-0.4, -0.2) is 50.9 Å². The molecule has 0 aliphatic carbocycles. The van der Waals surface area contributed by atoms with Gasteiger partial charge in [0, 0.05) is 51.0 Å². The number of hydrogen-bond donors (Lipinski definition) is 0. The van der Waals surface area contributed by atoms with Crippen LogP contribution in [0.15, 0.2) is 36.7 Å². The maximum absolute atomic E-state index is 13.2. The number of carbonyl (C=O) groups excluding carboxylic acids is 1. The highest BCUT2D eigenvalue weighted by molar-refractivity contribution is 5.77. The summed E-state index contributed by atoms with van der Waals surface area (Å²) in [6, 6.07) is 6.64. The standard InChI is InChI=1S/C22H31FN4O/c1-17(2)21-16-25(11-4-12-26-14-10-24-18(26)3)13-9-22(28)27(21)15-19-5-7-20(23)8-6-19/h5-8,10,14,17,21H,4,9,11-13,15-16H2,1-3H3. The molecule has 0 bridgehead atoms. The minimum absolute atomic E-state index is 0.162. The molecule has 1 aliphatic heterocycles. The van der Waals surface area contributed by atoms with Gasteiger partial charge in [-0.3, -0.25) is 4.79 Å². The number of hydrogen-bond acceptors (Lipinski definition) is 3. The Morgan fingerprint density at radius 3 is 2.61 bits per heavy atom. The van der Waals surface area contributed by atoms with Crippen LogP contribution in [0.5, 0.6) is 0 Å². The van der Waals surface area contributed by atoms with Gasteiger partial charge >= 0.3 is 0 Å². The molecule has 1 atom stereocenters. The molecule has 1 fully saturated rings. The van der Waals surface area contributed by atoms with Gasteiger partial charge in [0.1, 0.15) is 11.6 Å². The molecule has 1 unspecified atom stereocenters. The molecule has 5 nitrogen and oxygen atoms in total. The summed E-state index contributed by atoms with van der Waals surface area (Å²) in [5.41, 5.74) is 0.976. The highest BCUT2D eigenvalue weighted by Gasteiger charge is 2.31. The summed E-state index contributed by atoms with van der Waals surface area (Å²) in [6.45, 7) is 10.5. The molecular formula is C22H31FN4O. The van der Waals surface area contributed by atoms with E-state index in [-0.39, 0.29) is 17.8 Å². The number of benzene rings is 1. The molecule has 6 heteroatoms. The smallest absolute Gasteiger partial charge is 0.224 e. The molecule has 0 spiro atoms. The largest absolute Gasteiger partial charge is 0.335 e. The van der Waals surface area contributed by atoms with Crippen molar-refractivity contribution in [2.75, 3.05) is 19.6 Å². The van der Waals surface area contributed by atoms with Crippen molar-refractivity contribution in [2.24, 2.45) is 5.92 Å². The minimum Gasteiger partial charge on any atom is -0.335 e. The van der Waals surface area contributed by atoms with Crippen LogP contribution in [0.3, 0.4) is 0 Å². The summed E-state index contributed by atoms with van der Waals surface area (Å²) in [5, 5.41) is 0. The van der Waals surface area contributed by atoms with Crippen LogP contribution >= 0.6 is 0 Å². The van der Waals surface area contributed by atoms with Crippen LogP contribution in [0.1, 0.15) is 38.1 Å². The van der Waals surface area contributed by atoms with Crippen LogP contribution in [-0.2, 0) is 17.9 Å². The first kappa shape index (κ1) is 20.5. The zero-order valence-corrected chi connectivity index (χ0v) is 17.1. The Balaban J connectivity index is 1.63. The summed E-state index contributed by atoms with van der Waals surface area (Å²) in [6.07, 6.45) is 5.42. The third-order valence-corrected chi connectivity index (χ3v) is 5.64. The summed E-state index contributed by atoms with van der Waals surface area (Å²) >= 11 is 0. The van der Waals surface area contributed by atoms with Crippen LogP contribution in [0.4, 0.5) is 4.39 Å². The topological polar surface area (TPSA) is 41.4 Å². The van der Waals surface area contributed by atoms with Gasteiger partial charge in [0.05, 0.1) is 0 Å². The molecule has 152 valence electrons. The van der Waals surface area contributed by atoms with Gasteiger partial charge in [-0.1, -0.05) is 26.0 Å². The van der Waals surface area contributed by atoms with E-state index in [4.69, 9.17) is 0 Å². The number of rotatable bonds is 7. The van der Waals surface area contributed by atoms with Crippen molar-refractivity contribution in [2.45, 2.75) is 52.7 Å². The fraction of sp³-hybridized carbons (Fsp3) is 0.545. The molecule has 1 saturated heterocycles. The molecule has 28 heavy (non-hydrogen) atoms. The highest BCUT2D eigenvalue weighted by Crippen LogP contribution is 2.21. The quantitative estimate of drug-likeness (QED) is 0.732. The highest BCUT2D eigenvalue weighted by atomic mass is 19.1. The second-order valence-electron chi connectivity index (χ2n) is 8.03. The van der Waals surface area contributed by atoms with Gasteiger partial charge in [0.2, 0.25) is 5.91 Å². The summed E-state index contributed by atoms with van der Waals surface area (Å²) < 4.78 is 15.4. The fourth-order valence-electron chi connectivity index (χ4n) is 3.91. The maximum atomic E-state index is 13.2.